The molecule has 0 saturated carbocycles. The Morgan fingerprint density at radius 2 is 1.37 bits per heavy atom. The van der Waals surface area contributed by atoms with Crippen LogP contribution in [-0.4, -0.2) is 34.9 Å². The van der Waals surface area contributed by atoms with E-state index < -0.39 is 10.0 Å². The summed E-state index contributed by atoms with van der Waals surface area (Å²) in [7, 11) is -3.27. The van der Waals surface area contributed by atoms with Crippen LogP contribution in [0.1, 0.15) is 51.7 Å². The van der Waals surface area contributed by atoms with Gasteiger partial charge in [0.05, 0.1) is 11.9 Å². The predicted molar refractivity (Wildman–Crippen MR) is 119 cm³/mol. The van der Waals surface area contributed by atoms with Crippen LogP contribution < -0.4 is 4.72 Å². The summed E-state index contributed by atoms with van der Waals surface area (Å²) in [5.74, 6) is 0. The highest BCUT2D eigenvalue weighted by molar-refractivity contribution is 7.92. The minimum Gasteiger partial charge on any atom is -0.284 e. The number of nitrogens with one attached hydrogen (secondary N) is 1. The first-order chi connectivity index (χ1) is 14.0. The fourth-order valence-electron chi connectivity index (χ4n) is 3.46. The summed E-state index contributed by atoms with van der Waals surface area (Å²) in [6.07, 6.45) is 4.74. The number of anilines is 1. The smallest absolute Gasteiger partial charge is 0.229 e. The standard InChI is InChI=1S/C22H29N5O2S/c1-21(2,17-6-10-19(11-7-17)24-30(5,28)29)14-15-22(3,4)18-8-12-20(13-9-18)27-16-23-25-26-27/h6-13,16,24H,14-15H2,1-5H3. The van der Waals surface area contributed by atoms with Gasteiger partial charge in [0.2, 0.25) is 10.0 Å². The Balaban J connectivity index is 1.68. The lowest BCUT2D eigenvalue weighted by Crippen LogP contribution is -2.24. The Morgan fingerprint density at radius 3 is 1.80 bits per heavy atom. The fraction of sp³-hybridized carbons (Fsp3) is 0.409. The maximum atomic E-state index is 11.4. The minimum absolute atomic E-state index is 0.00814. The van der Waals surface area contributed by atoms with E-state index in [1.165, 1.54) is 11.1 Å². The summed E-state index contributed by atoms with van der Waals surface area (Å²) in [5.41, 5.74) is 3.94. The van der Waals surface area contributed by atoms with Crippen molar-refractivity contribution >= 4 is 15.7 Å². The Labute approximate surface area is 178 Å². The van der Waals surface area contributed by atoms with E-state index in [0.29, 0.717) is 5.69 Å². The molecule has 1 N–H and O–H groups in total. The average Bonchev–Trinajstić information content (AvgIpc) is 3.21. The van der Waals surface area contributed by atoms with Gasteiger partial charge >= 0.3 is 0 Å². The molecule has 0 unspecified atom stereocenters. The molecule has 3 rings (SSSR count). The maximum absolute atomic E-state index is 11.4. The van der Waals surface area contributed by atoms with Gasteiger partial charge in [-0.15, -0.1) is 5.10 Å². The summed E-state index contributed by atoms with van der Waals surface area (Å²) in [4.78, 5) is 0. The molecule has 0 aliphatic rings. The van der Waals surface area contributed by atoms with Gasteiger partial charge < -0.3 is 0 Å². The molecule has 8 heteroatoms. The predicted octanol–water partition coefficient (Wildman–Crippen LogP) is 4.07. The monoisotopic (exact) mass is 427 g/mol. The average molecular weight is 428 g/mol. The first kappa shape index (κ1) is 22.0. The van der Waals surface area contributed by atoms with Crippen molar-refractivity contribution < 1.29 is 8.42 Å². The minimum atomic E-state index is -3.27. The van der Waals surface area contributed by atoms with Crippen molar-refractivity contribution in [3.63, 3.8) is 0 Å². The molecule has 30 heavy (non-hydrogen) atoms. The zero-order valence-corrected chi connectivity index (χ0v) is 18.9. The molecule has 3 aromatic rings. The fourth-order valence-corrected chi connectivity index (χ4v) is 4.03. The van der Waals surface area contributed by atoms with E-state index in [4.69, 9.17) is 0 Å². The second kappa shape index (κ2) is 8.18. The van der Waals surface area contributed by atoms with Crippen LogP contribution >= 0.6 is 0 Å². The Morgan fingerprint density at radius 1 is 0.867 bits per heavy atom. The summed E-state index contributed by atoms with van der Waals surface area (Å²) in [5, 5.41) is 11.3. The van der Waals surface area contributed by atoms with Crippen LogP contribution in [-0.2, 0) is 20.9 Å². The van der Waals surface area contributed by atoms with E-state index in [-0.39, 0.29) is 10.8 Å². The normalized spacial score (nSPS) is 12.7. The van der Waals surface area contributed by atoms with Gasteiger partial charge in [-0.1, -0.05) is 52.0 Å². The van der Waals surface area contributed by atoms with Gasteiger partial charge in [0.1, 0.15) is 6.33 Å². The van der Waals surface area contributed by atoms with Crippen molar-refractivity contribution in [1.29, 1.82) is 0 Å². The molecular weight excluding hydrogens is 398 g/mol. The highest BCUT2D eigenvalue weighted by atomic mass is 32.2. The number of hydrogen-bond donors (Lipinski definition) is 1. The van der Waals surface area contributed by atoms with Gasteiger partial charge in [0.15, 0.2) is 0 Å². The van der Waals surface area contributed by atoms with Gasteiger partial charge in [-0.2, -0.15) is 0 Å². The lowest BCUT2D eigenvalue weighted by molar-refractivity contribution is 0.375. The third-order valence-electron chi connectivity index (χ3n) is 5.61. The quantitative estimate of drug-likeness (QED) is 0.585. The summed E-state index contributed by atoms with van der Waals surface area (Å²) in [6.45, 7) is 8.97. The zero-order chi connectivity index (χ0) is 22.0. The molecule has 0 atom stereocenters. The van der Waals surface area contributed by atoms with Crippen molar-refractivity contribution in [2.75, 3.05) is 11.0 Å². The molecule has 1 heterocycles. The first-order valence-electron chi connectivity index (χ1n) is 9.89. The van der Waals surface area contributed by atoms with Crippen molar-refractivity contribution in [1.82, 2.24) is 20.2 Å². The van der Waals surface area contributed by atoms with Crippen LogP contribution in [0, 0.1) is 0 Å². The van der Waals surface area contributed by atoms with Gasteiger partial charge in [0.25, 0.3) is 0 Å². The number of benzene rings is 2. The lowest BCUT2D eigenvalue weighted by atomic mass is 9.73. The molecule has 0 saturated heterocycles. The molecule has 7 nitrogen and oxygen atoms in total. The summed E-state index contributed by atoms with van der Waals surface area (Å²) < 4.78 is 26.9. The molecule has 2 aromatic carbocycles. The Bertz CT molecular complexity index is 1070. The summed E-state index contributed by atoms with van der Waals surface area (Å²) >= 11 is 0. The van der Waals surface area contributed by atoms with Gasteiger partial charge in [0, 0.05) is 5.69 Å². The highest BCUT2D eigenvalue weighted by Gasteiger charge is 2.27. The van der Waals surface area contributed by atoms with E-state index in [1.54, 1.807) is 11.0 Å². The van der Waals surface area contributed by atoms with E-state index >= 15 is 0 Å². The number of aromatic nitrogens is 4. The molecule has 0 aliphatic carbocycles. The third-order valence-corrected chi connectivity index (χ3v) is 6.21. The number of tetrazole rings is 1. The Hall–Kier alpha value is -2.74. The van der Waals surface area contributed by atoms with Gasteiger partial charge in [-0.05, 0) is 69.5 Å². The molecule has 0 amide bonds. The van der Waals surface area contributed by atoms with E-state index in [2.05, 4.69) is 60.1 Å². The number of hydrogen-bond acceptors (Lipinski definition) is 5. The second-order valence-corrected chi connectivity index (χ2v) is 10.8. The van der Waals surface area contributed by atoms with Crippen LogP contribution in [0.3, 0.4) is 0 Å². The molecule has 0 fully saturated rings. The van der Waals surface area contributed by atoms with Crippen LogP contribution in [0.25, 0.3) is 5.69 Å². The van der Waals surface area contributed by atoms with Gasteiger partial charge in [-0.3, -0.25) is 4.72 Å². The van der Waals surface area contributed by atoms with Crippen molar-refractivity contribution in [2.45, 2.75) is 51.4 Å². The van der Waals surface area contributed by atoms with Gasteiger partial charge in [-0.25, -0.2) is 13.1 Å². The number of nitrogens with zero attached hydrogens (tertiary/aromatic N) is 4. The molecule has 0 spiro atoms. The highest BCUT2D eigenvalue weighted by Crippen LogP contribution is 2.36. The topological polar surface area (TPSA) is 89.8 Å². The van der Waals surface area contributed by atoms with Crippen LogP contribution in [0.15, 0.2) is 54.9 Å². The molecule has 1 aromatic heterocycles. The largest absolute Gasteiger partial charge is 0.284 e. The zero-order valence-electron chi connectivity index (χ0n) is 18.1. The maximum Gasteiger partial charge on any atom is 0.229 e. The van der Waals surface area contributed by atoms with Crippen LogP contribution in [0.5, 0.6) is 0 Å². The first-order valence-corrected chi connectivity index (χ1v) is 11.8. The summed E-state index contributed by atoms with van der Waals surface area (Å²) in [6, 6.07) is 16.0. The molecular formula is C22H29N5O2S. The van der Waals surface area contributed by atoms with E-state index in [0.717, 1.165) is 24.8 Å². The number of sulfonamides is 1. The molecule has 0 radical (unpaired) electrons. The van der Waals surface area contributed by atoms with E-state index in [1.807, 2.05) is 36.4 Å². The molecule has 0 bridgehead atoms. The van der Waals surface area contributed by atoms with Crippen molar-refractivity contribution in [3.05, 3.63) is 66.0 Å². The lowest BCUT2D eigenvalue weighted by Gasteiger charge is -2.32. The SMILES string of the molecule is CC(C)(CCC(C)(C)c1ccc(-n2cnnn2)cc1)c1ccc(NS(C)(=O)=O)cc1. The number of rotatable bonds is 8. The molecule has 0 aliphatic heterocycles. The second-order valence-electron chi connectivity index (χ2n) is 9.02. The third kappa shape index (κ3) is 5.44. The van der Waals surface area contributed by atoms with Crippen molar-refractivity contribution in [2.24, 2.45) is 0 Å². The Kier molecular flexibility index (Phi) is 5.99. The van der Waals surface area contributed by atoms with Crippen LogP contribution in [0.4, 0.5) is 5.69 Å². The molecule has 160 valence electrons. The van der Waals surface area contributed by atoms with Crippen LogP contribution in [0.2, 0.25) is 0 Å². The van der Waals surface area contributed by atoms with Crippen molar-refractivity contribution in [3.8, 4) is 5.69 Å². The van der Waals surface area contributed by atoms with E-state index in [9.17, 15) is 8.42 Å².